The van der Waals surface area contributed by atoms with Gasteiger partial charge >= 0.3 is 5.97 Å². The average molecular weight is 447 g/mol. The lowest BCUT2D eigenvalue weighted by Crippen LogP contribution is -2.57. The zero-order valence-corrected chi connectivity index (χ0v) is 18.9. The summed E-state index contributed by atoms with van der Waals surface area (Å²) >= 11 is 0. The highest BCUT2D eigenvalue weighted by Gasteiger charge is 2.61. The summed E-state index contributed by atoms with van der Waals surface area (Å²) in [7, 11) is 1.55. The van der Waals surface area contributed by atoms with Crippen LogP contribution in [-0.4, -0.2) is 31.4 Å². The van der Waals surface area contributed by atoms with Crippen LogP contribution in [0.3, 0.4) is 0 Å². The van der Waals surface area contributed by atoms with Crippen LogP contribution in [0.15, 0.2) is 54.6 Å². The molecule has 33 heavy (non-hydrogen) atoms. The summed E-state index contributed by atoms with van der Waals surface area (Å²) < 4.78 is 5.61. The molecule has 0 spiro atoms. The third kappa shape index (κ3) is 4.03. The second-order valence-corrected chi connectivity index (χ2v) is 10.2. The lowest BCUT2D eigenvalue weighted by Gasteiger charge is -2.61. The predicted octanol–water partition coefficient (Wildman–Crippen LogP) is 4.07. The summed E-state index contributed by atoms with van der Waals surface area (Å²) in [6.07, 6.45) is 6.03. The minimum atomic E-state index is -0.487. The standard InChI is InChI=1S/C27H30N2O4/c1-28-24(31)20-6-5-9-22(11-20)29-23(30)16-33-25(32)27-14-18-10-19(15-27)13-26(12-18,17-27)21-7-3-2-4-8-21/h2-9,11,18-19H,10,12-17H2,1H3,(H,28,31)(H,29,30)/t18-,19+,26?,27?. The fraction of sp³-hybridized carbons (Fsp3) is 0.444. The van der Waals surface area contributed by atoms with Crippen molar-refractivity contribution in [3.05, 3.63) is 65.7 Å². The quantitative estimate of drug-likeness (QED) is 0.656. The molecule has 4 saturated carbocycles. The molecular formula is C27H30N2O4. The first kappa shape index (κ1) is 21.7. The van der Waals surface area contributed by atoms with Crippen molar-refractivity contribution in [1.82, 2.24) is 5.32 Å². The van der Waals surface area contributed by atoms with E-state index >= 15 is 0 Å². The molecule has 4 atom stereocenters. The first-order chi connectivity index (χ1) is 15.9. The van der Waals surface area contributed by atoms with Crippen molar-refractivity contribution >= 4 is 23.5 Å². The van der Waals surface area contributed by atoms with Crippen LogP contribution in [0.4, 0.5) is 5.69 Å². The van der Waals surface area contributed by atoms with Crippen LogP contribution in [0, 0.1) is 17.3 Å². The SMILES string of the molecule is CNC(=O)c1cccc(NC(=O)COC(=O)C23C[C@H]4C[C@@H](C2)CC(c2ccccc2)(C4)C3)c1. The van der Waals surface area contributed by atoms with E-state index in [2.05, 4.69) is 34.9 Å². The highest BCUT2D eigenvalue weighted by atomic mass is 16.5. The van der Waals surface area contributed by atoms with E-state index in [4.69, 9.17) is 4.74 Å². The Hall–Kier alpha value is -3.15. The molecule has 4 bridgehead atoms. The van der Waals surface area contributed by atoms with Gasteiger partial charge < -0.3 is 15.4 Å². The van der Waals surface area contributed by atoms with E-state index in [0.29, 0.717) is 23.1 Å². The third-order valence-corrected chi connectivity index (χ3v) is 7.85. The highest BCUT2D eigenvalue weighted by Crippen LogP contribution is 2.66. The van der Waals surface area contributed by atoms with Crippen LogP contribution in [0.5, 0.6) is 0 Å². The molecule has 6 heteroatoms. The number of carbonyl (C=O) groups is 3. The Morgan fingerprint density at radius 3 is 2.39 bits per heavy atom. The molecule has 6 rings (SSSR count). The van der Waals surface area contributed by atoms with E-state index in [1.165, 1.54) is 12.0 Å². The van der Waals surface area contributed by atoms with Crippen molar-refractivity contribution in [2.24, 2.45) is 17.3 Å². The van der Waals surface area contributed by atoms with Gasteiger partial charge in [0.25, 0.3) is 11.8 Å². The molecule has 2 unspecified atom stereocenters. The molecule has 2 amide bonds. The van der Waals surface area contributed by atoms with Crippen molar-refractivity contribution in [3.63, 3.8) is 0 Å². The number of amides is 2. The highest BCUT2D eigenvalue weighted by molar-refractivity contribution is 5.97. The van der Waals surface area contributed by atoms with Gasteiger partial charge in [0.1, 0.15) is 0 Å². The van der Waals surface area contributed by atoms with E-state index in [-0.39, 0.29) is 23.9 Å². The molecule has 0 saturated heterocycles. The number of hydrogen-bond acceptors (Lipinski definition) is 4. The lowest BCUT2D eigenvalue weighted by molar-refractivity contribution is -0.175. The van der Waals surface area contributed by atoms with E-state index in [1.54, 1.807) is 31.3 Å². The van der Waals surface area contributed by atoms with E-state index in [9.17, 15) is 14.4 Å². The molecule has 6 nitrogen and oxygen atoms in total. The molecule has 0 aliphatic heterocycles. The van der Waals surface area contributed by atoms with Crippen LogP contribution >= 0.6 is 0 Å². The van der Waals surface area contributed by atoms with Gasteiger partial charge in [-0.15, -0.1) is 0 Å². The van der Waals surface area contributed by atoms with Crippen molar-refractivity contribution in [3.8, 4) is 0 Å². The first-order valence-electron chi connectivity index (χ1n) is 11.8. The van der Waals surface area contributed by atoms with Crippen LogP contribution < -0.4 is 10.6 Å². The summed E-state index contributed by atoms with van der Waals surface area (Å²) in [4.78, 5) is 37.7. The van der Waals surface area contributed by atoms with Gasteiger partial charge in [-0.25, -0.2) is 0 Å². The number of hydrogen-bond donors (Lipinski definition) is 2. The van der Waals surface area contributed by atoms with E-state index < -0.39 is 11.3 Å². The Kier molecular flexibility index (Phi) is 5.47. The lowest BCUT2D eigenvalue weighted by atomic mass is 9.43. The normalized spacial score (nSPS) is 29.4. The third-order valence-electron chi connectivity index (χ3n) is 7.85. The van der Waals surface area contributed by atoms with Crippen LogP contribution in [-0.2, 0) is 19.7 Å². The van der Waals surface area contributed by atoms with E-state index in [1.807, 2.05) is 6.07 Å². The molecule has 0 heterocycles. The van der Waals surface area contributed by atoms with Gasteiger partial charge in [0, 0.05) is 18.3 Å². The molecule has 4 fully saturated rings. The van der Waals surface area contributed by atoms with Crippen molar-refractivity contribution in [2.75, 3.05) is 19.0 Å². The predicted molar refractivity (Wildman–Crippen MR) is 125 cm³/mol. The molecular weight excluding hydrogens is 416 g/mol. The maximum absolute atomic E-state index is 13.4. The van der Waals surface area contributed by atoms with Gasteiger partial charge in [-0.3, -0.25) is 14.4 Å². The Labute approximate surface area is 194 Å². The minimum absolute atomic E-state index is 0.0485. The maximum Gasteiger partial charge on any atom is 0.312 e. The monoisotopic (exact) mass is 446 g/mol. The zero-order valence-electron chi connectivity index (χ0n) is 18.9. The summed E-state index contributed by atoms with van der Waals surface area (Å²) in [5, 5.41) is 5.29. The molecule has 0 aromatic heterocycles. The smallest absolute Gasteiger partial charge is 0.312 e. The van der Waals surface area contributed by atoms with Crippen molar-refractivity contribution < 1.29 is 19.1 Å². The molecule has 2 aromatic rings. The fourth-order valence-corrected chi connectivity index (χ4v) is 6.99. The summed E-state index contributed by atoms with van der Waals surface area (Å²) in [6.45, 7) is -0.321. The number of ether oxygens (including phenoxy) is 1. The molecule has 4 aliphatic rings. The number of rotatable bonds is 6. The summed E-state index contributed by atoms with van der Waals surface area (Å²) in [6, 6.07) is 17.3. The Balaban J connectivity index is 1.26. The van der Waals surface area contributed by atoms with Gasteiger partial charge in [-0.2, -0.15) is 0 Å². The molecule has 4 aliphatic carbocycles. The summed E-state index contributed by atoms with van der Waals surface area (Å²) in [5.74, 6) is 0.221. The Morgan fingerprint density at radius 1 is 0.970 bits per heavy atom. The second kappa shape index (κ2) is 8.32. The number of carbonyl (C=O) groups excluding carboxylic acids is 3. The Morgan fingerprint density at radius 2 is 1.70 bits per heavy atom. The number of nitrogens with one attached hydrogen (secondary N) is 2. The zero-order chi connectivity index (χ0) is 23.1. The van der Waals surface area contributed by atoms with Crippen molar-refractivity contribution in [1.29, 1.82) is 0 Å². The topological polar surface area (TPSA) is 84.5 Å². The van der Waals surface area contributed by atoms with Gasteiger partial charge in [0.05, 0.1) is 5.41 Å². The van der Waals surface area contributed by atoms with Crippen LogP contribution in [0.25, 0.3) is 0 Å². The fourth-order valence-electron chi connectivity index (χ4n) is 6.99. The van der Waals surface area contributed by atoms with Gasteiger partial charge in [-0.05, 0) is 79.5 Å². The van der Waals surface area contributed by atoms with Crippen LogP contribution in [0.1, 0.15) is 54.4 Å². The van der Waals surface area contributed by atoms with E-state index in [0.717, 1.165) is 32.1 Å². The summed E-state index contributed by atoms with van der Waals surface area (Å²) in [5.41, 5.74) is 1.85. The number of anilines is 1. The molecule has 172 valence electrons. The Bertz CT molecular complexity index is 1070. The molecule has 2 aromatic carbocycles. The van der Waals surface area contributed by atoms with Gasteiger partial charge in [0.2, 0.25) is 0 Å². The average Bonchev–Trinajstić information content (AvgIpc) is 2.82. The largest absolute Gasteiger partial charge is 0.455 e. The number of benzene rings is 2. The minimum Gasteiger partial charge on any atom is -0.455 e. The molecule has 2 N–H and O–H groups in total. The number of esters is 1. The van der Waals surface area contributed by atoms with Gasteiger partial charge in [-0.1, -0.05) is 36.4 Å². The van der Waals surface area contributed by atoms with Crippen molar-refractivity contribution in [2.45, 2.75) is 43.9 Å². The second-order valence-electron chi connectivity index (χ2n) is 10.2. The van der Waals surface area contributed by atoms with Crippen LogP contribution in [0.2, 0.25) is 0 Å². The first-order valence-corrected chi connectivity index (χ1v) is 11.8. The van der Waals surface area contributed by atoms with Gasteiger partial charge in [0.15, 0.2) is 6.61 Å². The maximum atomic E-state index is 13.4. The molecule has 0 radical (unpaired) electrons.